The van der Waals surface area contributed by atoms with Crippen LogP contribution in [0.2, 0.25) is 0 Å². The van der Waals surface area contributed by atoms with Gasteiger partial charge in [0, 0.05) is 0 Å². The molecule has 0 aromatic carbocycles. The van der Waals surface area contributed by atoms with Gasteiger partial charge in [0.1, 0.15) is 0 Å². The van der Waals surface area contributed by atoms with Gasteiger partial charge in [0.05, 0.1) is 0 Å². The van der Waals surface area contributed by atoms with Crippen molar-refractivity contribution in [2.45, 2.75) is 38.5 Å². The highest BCUT2D eigenvalue weighted by atomic mass is 14.2. The summed E-state index contributed by atoms with van der Waals surface area (Å²) in [4.78, 5) is 0. The smallest absolute Gasteiger partial charge is 0.0127 e. The number of allylic oxidation sites excluding steroid dienone is 2. The van der Waals surface area contributed by atoms with Crippen LogP contribution < -0.4 is 0 Å². The lowest BCUT2D eigenvalue weighted by molar-refractivity contribution is 0.803. The molecule has 2 aliphatic carbocycles. The third-order valence-corrected chi connectivity index (χ3v) is 2.40. The molecule has 2 aliphatic rings. The molecule has 0 heterocycles. The first-order valence-corrected chi connectivity index (χ1v) is 3.87. The van der Waals surface area contributed by atoms with Gasteiger partial charge in [-0.25, -0.2) is 0 Å². The Morgan fingerprint density at radius 1 is 1.00 bits per heavy atom. The van der Waals surface area contributed by atoms with E-state index in [-0.39, 0.29) is 0 Å². The quantitative estimate of drug-likeness (QED) is 0.431. The zero-order chi connectivity index (χ0) is 6.10. The van der Waals surface area contributed by atoms with Gasteiger partial charge < -0.3 is 0 Å². The van der Waals surface area contributed by atoms with Gasteiger partial charge in [-0.2, -0.15) is 0 Å². The molecule has 0 unspecified atom stereocenters. The topological polar surface area (TPSA) is 0 Å². The Morgan fingerprint density at radius 2 is 1.89 bits per heavy atom. The first-order chi connectivity index (χ1) is 4.47. The number of rotatable bonds is 0. The Labute approximate surface area is 57.0 Å². The third kappa shape index (κ3) is 0.910. The zero-order valence-corrected chi connectivity index (χ0v) is 5.74. The van der Waals surface area contributed by atoms with Crippen LogP contribution in [0, 0.1) is 6.42 Å². The van der Waals surface area contributed by atoms with E-state index < -0.39 is 0 Å². The van der Waals surface area contributed by atoms with Gasteiger partial charge in [0.15, 0.2) is 0 Å². The summed E-state index contributed by atoms with van der Waals surface area (Å²) in [6.45, 7) is 0. The van der Waals surface area contributed by atoms with Crippen LogP contribution in [0.15, 0.2) is 11.1 Å². The minimum Gasteiger partial charge on any atom is -0.0710 e. The summed E-state index contributed by atoms with van der Waals surface area (Å²) >= 11 is 0. The van der Waals surface area contributed by atoms with E-state index in [0.29, 0.717) is 0 Å². The summed E-state index contributed by atoms with van der Waals surface area (Å²) < 4.78 is 0. The molecule has 9 heavy (non-hydrogen) atoms. The maximum Gasteiger partial charge on any atom is -0.0127 e. The van der Waals surface area contributed by atoms with Gasteiger partial charge in [-0.1, -0.05) is 11.1 Å². The van der Waals surface area contributed by atoms with Crippen LogP contribution in [0.25, 0.3) is 0 Å². The largest absolute Gasteiger partial charge is 0.0710 e. The van der Waals surface area contributed by atoms with E-state index in [4.69, 9.17) is 0 Å². The normalized spacial score (nSPS) is 26.7. The fraction of sp³-hybridized carbons (Fsp3) is 0.667. The second-order valence-corrected chi connectivity index (χ2v) is 2.99. The second kappa shape index (κ2) is 2.17. The van der Waals surface area contributed by atoms with E-state index in [2.05, 4.69) is 6.42 Å². The average molecular weight is 120 g/mol. The van der Waals surface area contributed by atoms with Crippen molar-refractivity contribution in [1.29, 1.82) is 0 Å². The van der Waals surface area contributed by atoms with Crippen LogP contribution in [0.4, 0.5) is 0 Å². The molecule has 0 spiro atoms. The van der Waals surface area contributed by atoms with Gasteiger partial charge in [0.25, 0.3) is 0 Å². The van der Waals surface area contributed by atoms with Gasteiger partial charge in [-0.15, -0.1) is 0 Å². The Kier molecular flexibility index (Phi) is 1.33. The minimum atomic E-state index is 1.19. The Bertz CT molecular complexity index is 126. The lowest BCUT2D eigenvalue weighted by atomic mass is 9.94. The first-order valence-electron chi connectivity index (χ1n) is 3.87. The molecular formula is C9H12. The molecular weight excluding hydrogens is 108 g/mol. The van der Waals surface area contributed by atoms with Gasteiger partial charge in [-0.05, 0) is 44.9 Å². The zero-order valence-electron chi connectivity index (χ0n) is 5.74. The highest BCUT2D eigenvalue weighted by molar-refractivity contribution is 5.23. The van der Waals surface area contributed by atoms with Crippen LogP contribution in [-0.2, 0) is 0 Å². The summed E-state index contributed by atoms with van der Waals surface area (Å²) in [6, 6.07) is 0. The van der Waals surface area contributed by atoms with Crippen molar-refractivity contribution in [1.82, 2.24) is 0 Å². The summed E-state index contributed by atoms with van der Waals surface area (Å²) in [5, 5.41) is 0. The number of hydrogen-bond acceptors (Lipinski definition) is 0. The molecule has 2 radical (unpaired) electrons. The van der Waals surface area contributed by atoms with E-state index in [1.807, 2.05) is 0 Å². The predicted octanol–water partition coefficient (Wildman–Crippen LogP) is 2.73. The van der Waals surface area contributed by atoms with E-state index in [1.54, 1.807) is 11.1 Å². The molecule has 0 fully saturated rings. The second-order valence-electron chi connectivity index (χ2n) is 2.99. The summed E-state index contributed by atoms with van der Waals surface area (Å²) in [5.41, 5.74) is 3.50. The molecule has 0 saturated heterocycles. The van der Waals surface area contributed by atoms with Crippen molar-refractivity contribution < 1.29 is 0 Å². The lowest BCUT2D eigenvalue weighted by Gasteiger charge is -2.11. The predicted molar refractivity (Wildman–Crippen MR) is 38.0 cm³/mol. The molecule has 0 amide bonds. The number of hydrogen-bond donors (Lipinski definition) is 0. The van der Waals surface area contributed by atoms with Crippen molar-refractivity contribution >= 4 is 0 Å². The van der Waals surface area contributed by atoms with Crippen molar-refractivity contribution in [3.8, 4) is 0 Å². The van der Waals surface area contributed by atoms with Crippen molar-refractivity contribution in [3.63, 3.8) is 0 Å². The van der Waals surface area contributed by atoms with Crippen molar-refractivity contribution in [2.24, 2.45) is 0 Å². The third-order valence-electron chi connectivity index (χ3n) is 2.40. The van der Waals surface area contributed by atoms with Gasteiger partial charge in [-0.3, -0.25) is 0 Å². The fourth-order valence-electron chi connectivity index (χ4n) is 1.86. The molecule has 2 rings (SSSR count). The summed E-state index contributed by atoms with van der Waals surface area (Å²) in [7, 11) is 0. The Balaban J connectivity index is 2.17. The summed E-state index contributed by atoms with van der Waals surface area (Å²) in [6.07, 6.45) is 11.3. The SMILES string of the molecule is [C]1CCC2=C(C1)CCC2. The molecule has 0 bridgehead atoms. The minimum absolute atomic E-state index is 1.19. The molecule has 0 nitrogen and oxygen atoms in total. The van der Waals surface area contributed by atoms with Crippen molar-refractivity contribution in [2.75, 3.05) is 0 Å². The summed E-state index contributed by atoms with van der Waals surface area (Å²) in [5.74, 6) is 0. The maximum atomic E-state index is 3.40. The van der Waals surface area contributed by atoms with E-state index in [1.165, 1.54) is 38.5 Å². The molecule has 0 atom stereocenters. The molecule has 48 valence electrons. The molecule has 0 saturated carbocycles. The average Bonchev–Trinajstić information content (AvgIpc) is 2.33. The molecule has 0 aromatic rings. The molecule has 0 N–H and O–H groups in total. The van der Waals surface area contributed by atoms with Crippen molar-refractivity contribution in [3.05, 3.63) is 17.6 Å². The molecule has 0 aromatic heterocycles. The van der Waals surface area contributed by atoms with Gasteiger partial charge >= 0.3 is 0 Å². The van der Waals surface area contributed by atoms with Crippen LogP contribution in [0.3, 0.4) is 0 Å². The van der Waals surface area contributed by atoms with Crippen LogP contribution in [0.1, 0.15) is 38.5 Å². The highest BCUT2D eigenvalue weighted by Gasteiger charge is 2.16. The van der Waals surface area contributed by atoms with E-state index in [0.717, 1.165) is 0 Å². The highest BCUT2D eigenvalue weighted by Crippen LogP contribution is 2.35. The van der Waals surface area contributed by atoms with E-state index in [9.17, 15) is 0 Å². The van der Waals surface area contributed by atoms with Crippen LogP contribution in [-0.4, -0.2) is 0 Å². The van der Waals surface area contributed by atoms with Gasteiger partial charge in [0.2, 0.25) is 0 Å². The Morgan fingerprint density at radius 3 is 2.78 bits per heavy atom. The van der Waals surface area contributed by atoms with Crippen LogP contribution >= 0.6 is 0 Å². The monoisotopic (exact) mass is 120 g/mol. The molecule has 0 aliphatic heterocycles. The first kappa shape index (κ1) is 5.52. The Hall–Kier alpha value is -0.260. The van der Waals surface area contributed by atoms with Crippen LogP contribution in [0.5, 0.6) is 0 Å². The lowest BCUT2D eigenvalue weighted by Crippen LogP contribution is -1.93. The van der Waals surface area contributed by atoms with E-state index >= 15 is 0 Å². The molecule has 0 heteroatoms. The maximum absolute atomic E-state index is 3.40. The fourth-order valence-corrected chi connectivity index (χ4v) is 1.86. The standard InChI is InChI=1S/C9H12/c1-2-5-9-7-3-6-8(9)4-1/h1,3-7H2.